The molecule has 5 nitrogen and oxygen atoms in total. The molecule has 1 fully saturated rings. The summed E-state index contributed by atoms with van der Waals surface area (Å²) >= 11 is 5.83. The Bertz CT molecular complexity index is 432. The number of rotatable bonds is 2. The van der Waals surface area contributed by atoms with Gasteiger partial charge in [0.1, 0.15) is 11.0 Å². The van der Waals surface area contributed by atoms with Gasteiger partial charge in [-0.2, -0.15) is 0 Å². The van der Waals surface area contributed by atoms with E-state index in [0.29, 0.717) is 11.2 Å². The van der Waals surface area contributed by atoms with Gasteiger partial charge < -0.3 is 9.80 Å². The third kappa shape index (κ3) is 2.90. The van der Waals surface area contributed by atoms with E-state index in [1.54, 1.807) is 13.1 Å². The number of carbonyl (C=O) groups excluding carboxylic acids is 1. The molecule has 1 aliphatic rings. The summed E-state index contributed by atoms with van der Waals surface area (Å²) in [5, 5.41) is 0.412. The van der Waals surface area contributed by atoms with Crippen LogP contribution in [-0.4, -0.2) is 47.0 Å². The molecule has 0 spiro atoms. The minimum absolute atomic E-state index is 0.121. The van der Waals surface area contributed by atoms with E-state index in [9.17, 15) is 4.79 Å². The summed E-state index contributed by atoms with van der Waals surface area (Å²) in [4.78, 5) is 23.6. The average molecular weight is 269 g/mol. The molecule has 0 N–H and O–H groups in total. The zero-order valence-corrected chi connectivity index (χ0v) is 11.4. The first-order chi connectivity index (χ1) is 8.58. The normalized spacial score (nSPS) is 16.7. The summed E-state index contributed by atoms with van der Waals surface area (Å²) in [7, 11) is 1.86. The highest BCUT2D eigenvalue weighted by Crippen LogP contribution is 2.20. The van der Waals surface area contributed by atoms with Crippen LogP contribution in [-0.2, 0) is 4.79 Å². The van der Waals surface area contributed by atoms with Gasteiger partial charge in [0.2, 0.25) is 5.91 Å². The summed E-state index contributed by atoms with van der Waals surface area (Å²) in [5.41, 5.74) is 0. The van der Waals surface area contributed by atoms with Gasteiger partial charge >= 0.3 is 0 Å². The Kier molecular flexibility index (Phi) is 4.01. The zero-order chi connectivity index (χ0) is 13.1. The maximum absolute atomic E-state index is 11.3. The van der Waals surface area contributed by atoms with E-state index in [2.05, 4.69) is 14.9 Å². The molecule has 0 unspecified atom stereocenters. The number of piperidine rings is 1. The number of hydrogen-bond donors (Lipinski definition) is 0. The van der Waals surface area contributed by atoms with E-state index in [-0.39, 0.29) is 5.91 Å². The molecule has 2 heterocycles. The Morgan fingerprint density at radius 1 is 1.44 bits per heavy atom. The molecule has 0 saturated carbocycles. The quantitative estimate of drug-likeness (QED) is 0.817. The number of carbonyl (C=O) groups is 1. The largest absolute Gasteiger partial charge is 0.355 e. The van der Waals surface area contributed by atoms with E-state index in [0.717, 1.165) is 31.7 Å². The highest BCUT2D eigenvalue weighted by atomic mass is 35.5. The van der Waals surface area contributed by atoms with Crippen LogP contribution in [0.15, 0.2) is 12.4 Å². The van der Waals surface area contributed by atoms with Crippen molar-refractivity contribution in [3.8, 4) is 0 Å². The summed E-state index contributed by atoms with van der Waals surface area (Å²) < 4.78 is 0. The second kappa shape index (κ2) is 5.52. The van der Waals surface area contributed by atoms with Crippen LogP contribution in [0.25, 0.3) is 0 Å². The maximum Gasteiger partial charge on any atom is 0.219 e. The molecule has 0 aliphatic carbocycles. The highest BCUT2D eigenvalue weighted by molar-refractivity contribution is 6.29. The van der Waals surface area contributed by atoms with E-state index in [1.165, 1.54) is 6.20 Å². The predicted molar refractivity (Wildman–Crippen MR) is 70.7 cm³/mol. The third-order valence-corrected chi connectivity index (χ3v) is 3.61. The molecule has 98 valence electrons. The van der Waals surface area contributed by atoms with Gasteiger partial charge in [-0.15, -0.1) is 0 Å². The minimum atomic E-state index is 0.121. The molecule has 1 amide bonds. The van der Waals surface area contributed by atoms with E-state index in [4.69, 9.17) is 11.6 Å². The molecule has 0 bridgehead atoms. The second-order valence-electron chi connectivity index (χ2n) is 4.55. The summed E-state index contributed by atoms with van der Waals surface area (Å²) in [5.74, 6) is 0.933. The van der Waals surface area contributed by atoms with Gasteiger partial charge in [0, 0.05) is 33.1 Å². The van der Waals surface area contributed by atoms with E-state index in [1.807, 2.05) is 11.9 Å². The molecule has 1 saturated heterocycles. The molecule has 0 aromatic carbocycles. The van der Waals surface area contributed by atoms with Gasteiger partial charge in [-0.25, -0.2) is 4.98 Å². The van der Waals surface area contributed by atoms with Crippen LogP contribution in [0.4, 0.5) is 5.82 Å². The average Bonchev–Trinajstić information content (AvgIpc) is 2.38. The van der Waals surface area contributed by atoms with Gasteiger partial charge in [0.15, 0.2) is 0 Å². The fourth-order valence-electron chi connectivity index (χ4n) is 2.22. The molecule has 0 radical (unpaired) electrons. The van der Waals surface area contributed by atoms with Gasteiger partial charge in [0.25, 0.3) is 0 Å². The zero-order valence-electron chi connectivity index (χ0n) is 10.6. The van der Waals surface area contributed by atoms with Crippen LogP contribution in [0.1, 0.15) is 19.8 Å². The molecular weight excluding hydrogens is 252 g/mol. The van der Waals surface area contributed by atoms with Crippen LogP contribution >= 0.6 is 11.6 Å². The standard InChI is InChI=1S/C12H17ClN4O/c1-9(18)16(2)10-3-5-17(6-4-10)12-8-14-7-11(13)15-12/h7-8,10H,3-6H2,1-2H3. The second-order valence-corrected chi connectivity index (χ2v) is 4.94. The number of aromatic nitrogens is 2. The molecule has 0 atom stereocenters. The van der Waals surface area contributed by atoms with E-state index < -0.39 is 0 Å². The summed E-state index contributed by atoms with van der Waals surface area (Å²) in [6.45, 7) is 3.35. The van der Waals surface area contributed by atoms with Gasteiger partial charge in [0.05, 0.1) is 12.4 Å². The van der Waals surface area contributed by atoms with E-state index >= 15 is 0 Å². The fraction of sp³-hybridized carbons (Fsp3) is 0.583. The predicted octanol–water partition coefficient (Wildman–Crippen LogP) is 1.58. The lowest BCUT2D eigenvalue weighted by atomic mass is 10.0. The van der Waals surface area contributed by atoms with Crippen molar-refractivity contribution in [1.29, 1.82) is 0 Å². The highest BCUT2D eigenvalue weighted by Gasteiger charge is 2.24. The molecule has 18 heavy (non-hydrogen) atoms. The van der Waals surface area contributed by atoms with Gasteiger partial charge in [-0.3, -0.25) is 9.78 Å². The van der Waals surface area contributed by atoms with Crippen LogP contribution in [0.5, 0.6) is 0 Å². The van der Waals surface area contributed by atoms with Gasteiger partial charge in [-0.05, 0) is 12.8 Å². The third-order valence-electron chi connectivity index (χ3n) is 3.43. The lowest BCUT2D eigenvalue weighted by Crippen LogP contribution is -2.45. The lowest BCUT2D eigenvalue weighted by Gasteiger charge is -2.36. The Morgan fingerprint density at radius 2 is 2.11 bits per heavy atom. The van der Waals surface area contributed by atoms with Crippen molar-refractivity contribution in [3.63, 3.8) is 0 Å². The van der Waals surface area contributed by atoms with Gasteiger partial charge in [-0.1, -0.05) is 11.6 Å². The molecule has 1 aromatic heterocycles. The van der Waals surface area contributed by atoms with Crippen LogP contribution in [0.3, 0.4) is 0 Å². The first-order valence-corrected chi connectivity index (χ1v) is 6.41. The van der Waals surface area contributed by atoms with Crippen LogP contribution in [0, 0.1) is 0 Å². The summed E-state index contributed by atoms with van der Waals surface area (Å²) in [6, 6.07) is 0.325. The minimum Gasteiger partial charge on any atom is -0.355 e. The Labute approximate surface area is 112 Å². The van der Waals surface area contributed by atoms with Crippen molar-refractivity contribution < 1.29 is 4.79 Å². The molecular formula is C12H17ClN4O. The molecule has 1 aromatic rings. The number of hydrogen-bond acceptors (Lipinski definition) is 4. The van der Waals surface area contributed by atoms with Crippen LogP contribution in [0.2, 0.25) is 5.15 Å². The fourth-order valence-corrected chi connectivity index (χ4v) is 2.37. The van der Waals surface area contributed by atoms with Crippen molar-refractivity contribution in [2.24, 2.45) is 0 Å². The number of amides is 1. The Morgan fingerprint density at radius 3 is 2.67 bits per heavy atom. The van der Waals surface area contributed by atoms with Crippen molar-refractivity contribution in [2.45, 2.75) is 25.8 Å². The SMILES string of the molecule is CC(=O)N(C)C1CCN(c2cncc(Cl)n2)CC1. The smallest absolute Gasteiger partial charge is 0.219 e. The Balaban J connectivity index is 1.96. The number of anilines is 1. The Hall–Kier alpha value is -1.36. The van der Waals surface area contributed by atoms with Crippen molar-refractivity contribution in [3.05, 3.63) is 17.5 Å². The topological polar surface area (TPSA) is 49.3 Å². The monoisotopic (exact) mass is 268 g/mol. The number of halogens is 1. The first-order valence-electron chi connectivity index (χ1n) is 6.04. The van der Waals surface area contributed by atoms with Crippen molar-refractivity contribution in [2.75, 3.05) is 25.0 Å². The summed E-state index contributed by atoms with van der Waals surface area (Å²) in [6.07, 6.45) is 5.15. The first kappa shape index (κ1) is 13.1. The maximum atomic E-state index is 11.3. The molecule has 6 heteroatoms. The number of nitrogens with zero attached hydrogens (tertiary/aromatic N) is 4. The lowest BCUT2D eigenvalue weighted by molar-refractivity contribution is -0.129. The van der Waals surface area contributed by atoms with Crippen molar-refractivity contribution >= 4 is 23.3 Å². The molecule has 2 rings (SSSR count). The molecule has 1 aliphatic heterocycles. The van der Waals surface area contributed by atoms with Crippen LogP contribution < -0.4 is 4.90 Å². The van der Waals surface area contributed by atoms with Crippen molar-refractivity contribution in [1.82, 2.24) is 14.9 Å².